The molecule has 2 aliphatic heterocycles. The average molecular weight is 504 g/mol. The van der Waals surface area contributed by atoms with E-state index in [1.807, 2.05) is 12.1 Å². The molecule has 37 heavy (non-hydrogen) atoms. The number of rotatable bonds is 9. The fourth-order valence-corrected chi connectivity index (χ4v) is 5.71. The van der Waals surface area contributed by atoms with Gasteiger partial charge in [-0.05, 0) is 68.7 Å². The van der Waals surface area contributed by atoms with Gasteiger partial charge in [-0.1, -0.05) is 37.6 Å². The number of carbonyl (C=O) groups excluding carboxylic acids is 1. The van der Waals surface area contributed by atoms with Crippen LogP contribution in [0, 0.1) is 5.92 Å². The van der Waals surface area contributed by atoms with E-state index in [4.69, 9.17) is 9.72 Å². The first-order chi connectivity index (χ1) is 18.1. The number of nitrogens with zero attached hydrogens (tertiary/aromatic N) is 5. The van der Waals surface area contributed by atoms with Crippen LogP contribution in [0.3, 0.4) is 0 Å². The molecule has 2 fully saturated rings. The Morgan fingerprint density at radius 1 is 0.919 bits per heavy atom. The van der Waals surface area contributed by atoms with Gasteiger partial charge >= 0.3 is 0 Å². The molecule has 0 unspecified atom stereocenters. The van der Waals surface area contributed by atoms with Gasteiger partial charge in [-0.25, -0.2) is 4.98 Å². The molecule has 0 N–H and O–H groups in total. The molecule has 3 heterocycles. The number of amides is 1. The lowest BCUT2D eigenvalue weighted by molar-refractivity contribution is -0.138. The van der Waals surface area contributed by atoms with Crippen molar-refractivity contribution in [3.63, 3.8) is 0 Å². The van der Waals surface area contributed by atoms with Gasteiger partial charge in [0.15, 0.2) is 0 Å². The summed E-state index contributed by atoms with van der Waals surface area (Å²) in [5, 5.41) is 0. The Balaban J connectivity index is 1.19. The molecule has 1 amide bonds. The molecule has 0 saturated carbocycles. The predicted molar refractivity (Wildman–Crippen MR) is 148 cm³/mol. The van der Waals surface area contributed by atoms with Crippen molar-refractivity contribution in [1.29, 1.82) is 0 Å². The van der Waals surface area contributed by atoms with Crippen LogP contribution < -0.4 is 4.74 Å². The summed E-state index contributed by atoms with van der Waals surface area (Å²) in [6, 6.07) is 16.7. The molecule has 7 heteroatoms. The summed E-state index contributed by atoms with van der Waals surface area (Å²) in [5.74, 6) is 2.50. The smallest absolute Gasteiger partial charge is 0.225 e. The van der Waals surface area contributed by atoms with Crippen LogP contribution in [0.25, 0.3) is 11.0 Å². The van der Waals surface area contributed by atoms with Crippen molar-refractivity contribution < 1.29 is 9.53 Å². The fraction of sp³-hybridized carbons (Fsp3) is 0.533. The fourth-order valence-electron chi connectivity index (χ4n) is 5.71. The molecule has 1 aromatic heterocycles. The molecule has 7 nitrogen and oxygen atoms in total. The van der Waals surface area contributed by atoms with E-state index in [1.54, 1.807) is 7.11 Å². The van der Waals surface area contributed by atoms with Gasteiger partial charge in [-0.3, -0.25) is 14.6 Å². The molecule has 0 bridgehead atoms. The molecule has 0 aliphatic carbocycles. The summed E-state index contributed by atoms with van der Waals surface area (Å²) in [6.45, 7) is 10.7. The Labute approximate surface area is 221 Å². The van der Waals surface area contributed by atoms with Gasteiger partial charge in [0.2, 0.25) is 5.91 Å². The van der Waals surface area contributed by atoms with E-state index in [0.29, 0.717) is 5.91 Å². The lowest BCUT2D eigenvalue weighted by Crippen LogP contribution is -2.51. The highest BCUT2D eigenvalue weighted by atomic mass is 16.5. The minimum atomic E-state index is 0.163. The van der Waals surface area contributed by atoms with E-state index in [-0.39, 0.29) is 5.92 Å². The number of fused-ring (bicyclic) bond motifs is 1. The van der Waals surface area contributed by atoms with E-state index < -0.39 is 0 Å². The van der Waals surface area contributed by atoms with Crippen molar-refractivity contribution in [3.05, 3.63) is 59.9 Å². The van der Waals surface area contributed by atoms with Crippen molar-refractivity contribution in [3.8, 4) is 5.75 Å². The van der Waals surface area contributed by atoms with Gasteiger partial charge in [-0.15, -0.1) is 0 Å². The first-order valence-corrected chi connectivity index (χ1v) is 13.9. The quantitative estimate of drug-likeness (QED) is 0.437. The third-order valence-corrected chi connectivity index (χ3v) is 8.05. The highest BCUT2D eigenvalue weighted by molar-refractivity contribution is 5.79. The topological polar surface area (TPSA) is 53.8 Å². The number of ether oxygens (including phenoxy) is 1. The highest BCUT2D eigenvalue weighted by Crippen LogP contribution is 2.24. The molecular formula is C30H41N5O2. The zero-order valence-corrected chi connectivity index (χ0v) is 22.4. The number of piperazine rings is 1. The number of para-hydroxylation sites is 2. The summed E-state index contributed by atoms with van der Waals surface area (Å²) < 4.78 is 7.67. The number of imidazole rings is 1. The lowest BCUT2D eigenvalue weighted by atomic mass is 9.95. The van der Waals surface area contributed by atoms with Crippen molar-refractivity contribution in [2.45, 2.75) is 45.7 Å². The predicted octanol–water partition coefficient (Wildman–Crippen LogP) is 4.25. The summed E-state index contributed by atoms with van der Waals surface area (Å²) in [6.07, 6.45) is 4.36. The van der Waals surface area contributed by atoms with Crippen molar-refractivity contribution in [2.24, 2.45) is 5.92 Å². The van der Waals surface area contributed by atoms with Gasteiger partial charge in [0.1, 0.15) is 11.6 Å². The van der Waals surface area contributed by atoms with Crippen molar-refractivity contribution in [1.82, 2.24) is 24.3 Å². The monoisotopic (exact) mass is 503 g/mol. The molecule has 3 aromatic rings. The third-order valence-electron chi connectivity index (χ3n) is 8.05. The first kappa shape index (κ1) is 25.7. The summed E-state index contributed by atoms with van der Waals surface area (Å²) >= 11 is 0. The van der Waals surface area contributed by atoms with Gasteiger partial charge in [0.05, 0.1) is 24.7 Å². The number of carbonyl (C=O) groups is 1. The second kappa shape index (κ2) is 12.1. The zero-order chi connectivity index (χ0) is 25.6. The van der Waals surface area contributed by atoms with Crippen LogP contribution in [-0.4, -0.2) is 83.1 Å². The van der Waals surface area contributed by atoms with E-state index >= 15 is 0 Å². The first-order valence-electron chi connectivity index (χ1n) is 13.9. The minimum absolute atomic E-state index is 0.163. The van der Waals surface area contributed by atoms with Crippen LogP contribution in [0.5, 0.6) is 5.75 Å². The Hall–Kier alpha value is -2.90. The number of hydrogen-bond acceptors (Lipinski definition) is 5. The van der Waals surface area contributed by atoms with Gasteiger partial charge < -0.3 is 14.2 Å². The maximum atomic E-state index is 13.2. The number of likely N-dealkylation sites (tertiary alicyclic amines) is 1. The Morgan fingerprint density at radius 2 is 1.65 bits per heavy atom. The van der Waals surface area contributed by atoms with Crippen LogP contribution in [0.15, 0.2) is 48.5 Å². The van der Waals surface area contributed by atoms with Crippen LogP contribution in [0.4, 0.5) is 0 Å². The number of benzene rings is 2. The van der Waals surface area contributed by atoms with Gasteiger partial charge in [-0.2, -0.15) is 0 Å². The van der Waals surface area contributed by atoms with E-state index in [0.717, 1.165) is 87.8 Å². The van der Waals surface area contributed by atoms with Gasteiger partial charge in [0.25, 0.3) is 0 Å². The third kappa shape index (κ3) is 6.16. The number of aromatic nitrogens is 2. The SMILES string of the molecule is CCCCN1CCN(C(=O)C2CCN(Cc3nc4ccccc4n3Cc3ccc(OC)cc3)CC2)CC1. The van der Waals surface area contributed by atoms with E-state index in [9.17, 15) is 4.79 Å². The zero-order valence-electron chi connectivity index (χ0n) is 22.4. The van der Waals surface area contributed by atoms with Crippen LogP contribution in [0.2, 0.25) is 0 Å². The summed E-state index contributed by atoms with van der Waals surface area (Å²) in [7, 11) is 1.70. The molecule has 2 aromatic carbocycles. The number of hydrogen-bond donors (Lipinski definition) is 0. The van der Waals surface area contributed by atoms with Crippen molar-refractivity contribution in [2.75, 3.05) is 52.9 Å². The summed E-state index contributed by atoms with van der Waals surface area (Å²) in [4.78, 5) is 25.3. The Kier molecular flexibility index (Phi) is 8.41. The van der Waals surface area contributed by atoms with E-state index in [1.165, 1.54) is 24.9 Å². The second-order valence-electron chi connectivity index (χ2n) is 10.5. The molecule has 0 radical (unpaired) electrons. The minimum Gasteiger partial charge on any atom is -0.497 e. The molecular weight excluding hydrogens is 462 g/mol. The van der Waals surface area contributed by atoms with Crippen molar-refractivity contribution >= 4 is 16.9 Å². The lowest BCUT2D eigenvalue weighted by Gasteiger charge is -2.38. The second-order valence-corrected chi connectivity index (χ2v) is 10.5. The number of methoxy groups -OCH3 is 1. The molecule has 5 rings (SSSR count). The Morgan fingerprint density at radius 3 is 2.35 bits per heavy atom. The standard InChI is InChI=1S/C30H41N5O2/c1-3-4-15-32-18-20-34(21-19-32)30(36)25-13-16-33(17-14-25)23-29-31-27-7-5-6-8-28(27)35(29)22-24-9-11-26(37-2)12-10-24/h5-12,25H,3-4,13-23H2,1-2H3. The average Bonchev–Trinajstić information content (AvgIpc) is 3.29. The summed E-state index contributed by atoms with van der Waals surface area (Å²) in [5.41, 5.74) is 3.43. The normalized spacial score (nSPS) is 17.9. The van der Waals surface area contributed by atoms with E-state index in [2.05, 4.69) is 62.6 Å². The maximum Gasteiger partial charge on any atom is 0.225 e. The van der Waals surface area contributed by atoms with Crippen LogP contribution in [-0.2, 0) is 17.9 Å². The number of piperidine rings is 1. The van der Waals surface area contributed by atoms with Gasteiger partial charge in [0, 0.05) is 38.6 Å². The molecule has 0 spiro atoms. The molecule has 2 aliphatic rings. The van der Waals surface area contributed by atoms with Crippen LogP contribution >= 0.6 is 0 Å². The number of unbranched alkanes of at least 4 members (excludes halogenated alkanes) is 1. The Bertz CT molecular complexity index is 1160. The molecule has 198 valence electrons. The maximum absolute atomic E-state index is 13.2. The highest BCUT2D eigenvalue weighted by Gasteiger charge is 2.30. The molecule has 0 atom stereocenters. The largest absolute Gasteiger partial charge is 0.497 e. The molecule has 2 saturated heterocycles. The van der Waals surface area contributed by atoms with Crippen LogP contribution in [0.1, 0.15) is 44.0 Å².